The zero-order valence-corrected chi connectivity index (χ0v) is 25.1. The first-order valence-electron chi connectivity index (χ1n) is 13.8. The van der Waals surface area contributed by atoms with E-state index in [1.807, 2.05) is 98.8 Å². The number of hydrogen-bond acceptors (Lipinski definition) is 2. The fourth-order valence-corrected chi connectivity index (χ4v) is 5.21. The summed E-state index contributed by atoms with van der Waals surface area (Å²) in [5, 5.41) is 0. The molecular formula is C36H34N2O2Si. The summed E-state index contributed by atoms with van der Waals surface area (Å²) >= 11 is 0. The molecule has 0 fully saturated rings. The quantitative estimate of drug-likeness (QED) is 0.122. The van der Waals surface area contributed by atoms with E-state index in [0.717, 1.165) is 33.6 Å². The Bertz CT molecular complexity index is 1660. The summed E-state index contributed by atoms with van der Waals surface area (Å²) in [5.41, 5.74) is 11.7. The van der Waals surface area contributed by atoms with Crippen molar-refractivity contribution in [1.29, 1.82) is 0 Å². The van der Waals surface area contributed by atoms with E-state index < -0.39 is 8.07 Å². The largest absolute Gasteiger partial charge is 0.355 e. The van der Waals surface area contributed by atoms with Gasteiger partial charge in [-0.2, -0.15) is 0 Å². The molecule has 5 rings (SSSR count). The van der Waals surface area contributed by atoms with Crippen molar-refractivity contribution in [2.24, 2.45) is 0 Å². The van der Waals surface area contributed by atoms with Crippen molar-refractivity contribution in [3.63, 3.8) is 0 Å². The molecule has 204 valence electrons. The van der Waals surface area contributed by atoms with Gasteiger partial charge in [0.1, 0.15) is 8.07 Å². The first kappa shape index (κ1) is 27.9. The summed E-state index contributed by atoms with van der Waals surface area (Å²) in [6, 6.07) is 31.0. The molecule has 0 saturated heterocycles. The maximum absolute atomic E-state index is 13.2. The van der Waals surface area contributed by atoms with E-state index in [2.05, 4.69) is 53.2 Å². The third-order valence-electron chi connectivity index (χ3n) is 6.98. The Morgan fingerprint density at radius 2 is 1.05 bits per heavy atom. The Morgan fingerprint density at radius 3 is 1.46 bits per heavy atom. The van der Waals surface area contributed by atoms with Gasteiger partial charge in [0.2, 0.25) is 11.6 Å². The molecular weight excluding hydrogens is 520 g/mol. The molecule has 0 aliphatic rings. The van der Waals surface area contributed by atoms with Gasteiger partial charge in [0.05, 0.1) is 17.3 Å². The number of H-pyrrole nitrogens is 2. The van der Waals surface area contributed by atoms with E-state index in [1.165, 1.54) is 0 Å². The van der Waals surface area contributed by atoms with Crippen LogP contribution in [0, 0.1) is 25.3 Å². The molecule has 0 amide bonds. The summed E-state index contributed by atoms with van der Waals surface area (Å²) in [5.74, 6) is 2.95. The summed E-state index contributed by atoms with van der Waals surface area (Å²) in [7, 11) is -1.49. The number of ketones is 2. The number of hydrogen-bond donors (Lipinski definition) is 2. The van der Waals surface area contributed by atoms with Crippen LogP contribution in [0.3, 0.4) is 0 Å². The molecule has 2 N–H and O–H groups in total. The molecule has 0 spiro atoms. The molecule has 5 heteroatoms. The normalized spacial score (nSPS) is 11.3. The molecule has 5 aromatic rings. The molecule has 0 aliphatic carbocycles. The summed E-state index contributed by atoms with van der Waals surface area (Å²) in [4.78, 5) is 33.2. The summed E-state index contributed by atoms with van der Waals surface area (Å²) in [6.07, 6.45) is 0. The Hall–Kier alpha value is -4.66. The summed E-state index contributed by atoms with van der Waals surface area (Å²) in [6.45, 7) is 10.7. The minimum atomic E-state index is -1.49. The van der Waals surface area contributed by atoms with Crippen molar-refractivity contribution in [3.05, 3.63) is 153 Å². The number of nitrogens with one attached hydrogen (secondary N) is 2. The Labute approximate surface area is 242 Å². The van der Waals surface area contributed by atoms with Crippen LogP contribution in [-0.2, 0) is 0 Å². The average molecular weight is 555 g/mol. The van der Waals surface area contributed by atoms with Crippen molar-refractivity contribution in [2.75, 3.05) is 0 Å². The predicted octanol–water partition coefficient (Wildman–Crippen LogP) is 7.83. The highest BCUT2D eigenvalue weighted by atomic mass is 28.3. The van der Waals surface area contributed by atoms with Crippen molar-refractivity contribution in [2.45, 2.75) is 39.4 Å². The number of carbonyl (C=O) groups excluding carboxylic acids is 2. The number of aromatic amines is 2. The molecule has 0 bridgehead atoms. The van der Waals surface area contributed by atoms with Crippen LogP contribution in [0.15, 0.2) is 97.1 Å². The SMILES string of the molecule is Cc1ccc(C(=O)c2ccc(C(c3ccc(C#C[Si](C)(C)C)cc3)c3ccc(C(=O)c4ccc(C)cc4)[nH]3)[nH]2)cc1. The van der Waals surface area contributed by atoms with Gasteiger partial charge in [-0.1, -0.05) is 97.4 Å². The van der Waals surface area contributed by atoms with E-state index in [1.54, 1.807) is 0 Å². The van der Waals surface area contributed by atoms with E-state index >= 15 is 0 Å². The molecule has 2 heterocycles. The van der Waals surface area contributed by atoms with E-state index in [-0.39, 0.29) is 17.5 Å². The van der Waals surface area contributed by atoms with Crippen LogP contribution in [0.25, 0.3) is 0 Å². The minimum absolute atomic E-state index is 0.0614. The fraction of sp³-hybridized carbons (Fsp3) is 0.167. The van der Waals surface area contributed by atoms with Gasteiger partial charge in [0.15, 0.2) is 0 Å². The zero-order chi connectivity index (χ0) is 29.1. The highest BCUT2D eigenvalue weighted by Crippen LogP contribution is 2.32. The number of aryl methyl sites for hydroxylation is 2. The molecule has 4 nitrogen and oxygen atoms in total. The molecule has 2 aromatic heterocycles. The van der Waals surface area contributed by atoms with Crippen LogP contribution < -0.4 is 0 Å². The third-order valence-corrected chi connectivity index (χ3v) is 7.86. The van der Waals surface area contributed by atoms with Crippen LogP contribution >= 0.6 is 0 Å². The van der Waals surface area contributed by atoms with Crippen LogP contribution in [0.5, 0.6) is 0 Å². The smallest absolute Gasteiger partial charge is 0.209 e. The van der Waals surface area contributed by atoms with Crippen molar-refractivity contribution >= 4 is 19.6 Å². The monoisotopic (exact) mass is 554 g/mol. The minimum Gasteiger partial charge on any atom is -0.355 e. The molecule has 0 unspecified atom stereocenters. The highest BCUT2D eigenvalue weighted by Gasteiger charge is 2.23. The van der Waals surface area contributed by atoms with Crippen LogP contribution in [0.2, 0.25) is 19.6 Å². The standard InChI is InChI=1S/C36H34N2O2Si/c1-24-6-12-28(13-7-24)35(39)32-20-18-30(37-32)34(27-16-10-26(11-17-27)22-23-41(3,4)5)31-19-21-33(38-31)36(40)29-14-8-25(2)9-15-29/h6-21,34,37-38H,1-5H3. The van der Waals surface area contributed by atoms with Gasteiger partial charge in [0.25, 0.3) is 0 Å². The second-order valence-corrected chi connectivity index (χ2v) is 16.4. The van der Waals surface area contributed by atoms with Gasteiger partial charge in [-0.3, -0.25) is 9.59 Å². The van der Waals surface area contributed by atoms with Gasteiger partial charge in [-0.05, 0) is 55.8 Å². The lowest BCUT2D eigenvalue weighted by atomic mass is 9.92. The summed E-state index contributed by atoms with van der Waals surface area (Å²) < 4.78 is 0. The first-order chi connectivity index (χ1) is 19.6. The number of aromatic nitrogens is 2. The lowest BCUT2D eigenvalue weighted by molar-refractivity contribution is 0.102. The second-order valence-electron chi connectivity index (χ2n) is 11.6. The molecule has 0 atom stereocenters. The molecule has 41 heavy (non-hydrogen) atoms. The van der Waals surface area contributed by atoms with Crippen LogP contribution in [0.4, 0.5) is 0 Å². The third kappa shape index (κ3) is 6.57. The Kier molecular flexibility index (Phi) is 7.78. The van der Waals surface area contributed by atoms with Crippen LogP contribution in [0.1, 0.15) is 71.7 Å². The van der Waals surface area contributed by atoms with E-state index in [0.29, 0.717) is 22.5 Å². The van der Waals surface area contributed by atoms with Gasteiger partial charge < -0.3 is 9.97 Å². The fourth-order valence-electron chi connectivity index (χ4n) is 4.69. The van der Waals surface area contributed by atoms with E-state index in [4.69, 9.17) is 0 Å². The number of rotatable bonds is 7. The van der Waals surface area contributed by atoms with Crippen molar-refractivity contribution in [3.8, 4) is 11.5 Å². The highest BCUT2D eigenvalue weighted by molar-refractivity contribution is 6.83. The van der Waals surface area contributed by atoms with Gasteiger partial charge in [-0.15, -0.1) is 5.54 Å². The van der Waals surface area contributed by atoms with Gasteiger partial charge in [-0.25, -0.2) is 0 Å². The molecule has 0 radical (unpaired) electrons. The van der Waals surface area contributed by atoms with Crippen molar-refractivity contribution in [1.82, 2.24) is 9.97 Å². The maximum atomic E-state index is 13.2. The van der Waals surface area contributed by atoms with Crippen molar-refractivity contribution < 1.29 is 9.59 Å². The van der Waals surface area contributed by atoms with Gasteiger partial charge in [0, 0.05) is 28.1 Å². The zero-order valence-electron chi connectivity index (χ0n) is 24.1. The van der Waals surface area contributed by atoms with Crippen LogP contribution in [-0.4, -0.2) is 29.6 Å². The maximum Gasteiger partial charge on any atom is 0.209 e. The molecule has 3 aromatic carbocycles. The lowest BCUT2D eigenvalue weighted by Crippen LogP contribution is -2.16. The Morgan fingerprint density at radius 1 is 0.610 bits per heavy atom. The second kappa shape index (κ2) is 11.4. The lowest BCUT2D eigenvalue weighted by Gasteiger charge is -2.16. The van der Waals surface area contributed by atoms with E-state index in [9.17, 15) is 9.59 Å². The first-order valence-corrected chi connectivity index (χ1v) is 17.3. The Balaban J connectivity index is 1.52. The predicted molar refractivity (Wildman–Crippen MR) is 168 cm³/mol. The molecule has 0 saturated carbocycles. The number of benzene rings is 3. The topological polar surface area (TPSA) is 65.7 Å². The number of carbonyl (C=O) groups is 2. The average Bonchev–Trinajstić information content (AvgIpc) is 3.64. The van der Waals surface area contributed by atoms with Gasteiger partial charge >= 0.3 is 0 Å². The molecule has 0 aliphatic heterocycles.